The SMILES string of the molecule is C=C1[C@H]2CC=C3C(=O)OC[C@]3(O)[C@@]2(C)CC[C@@H]1C. The van der Waals surface area contributed by atoms with Gasteiger partial charge in [0.2, 0.25) is 0 Å². The Morgan fingerprint density at radius 3 is 3.00 bits per heavy atom. The van der Waals surface area contributed by atoms with Crippen molar-refractivity contribution in [3.8, 4) is 0 Å². The summed E-state index contributed by atoms with van der Waals surface area (Å²) in [5.41, 5.74) is 0.263. The van der Waals surface area contributed by atoms with Crippen molar-refractivity contribution in [3.05, 3.63) is 23.8 Å². The molecule has 0 unspecified atom stereocenters. The highest BCUT2D eigenvalue weighted by Crippen LogP contribution is 2.59. The van der Waals surface area contributed by atoms with Crippen molar-refractivity contribution in [1.82, 2.24) is 0 Å². The van der Waals surface area contributed by atoms with E-state index in [2.05, 4.69) is 20.4 Å². The minimum absolute atomic E-state index is 0.103. The number of aliphatic hydroxyl groups is 1. The lowest BCUT2D eigenvalue weighted by atomic mass is 9.51. The fraction of sp³-hybridized carbons (Fsp3) is 0.667. The number of esters is 1. The fourth-order valence-corrected chi connectivity index (χ4v) is 3.99. The van der Waals surface area contributed by atoms with Crippen molar-refractivity contribution < 1.29 is 14.6 Å². The Morgan fingerprint density at radius 1 is 1.56 bits per heavy atom. The van der Waals surface area contributed by atoms with E-state index in [1.165, 1.54) is 5.57 Å². The molecular weight excluding hydrogens is 228 g/mol. The minimum Gasteiger partial charge on any atom is -0.459 e. The minimum atomic E-state index is -1.12. The molecule has 3 heteroatoms. The van der Waals surface area contributed by atoms with Crippen LogP contribution < -0.4 is 0 Å². The van der Waals surface area contributed by atoms with Crippen LogP contribution in [0.2, 0.25) is 0 Å². The van der Waals surface area contributed by atoms with Gasteiger partial charge in [-0.1, -0.05) is 32.1 Å². The number of carbonyl (C=O) groups excluding carboxylic acids is 1. The molecule has 1 N–H and O–H groups in total. The molecule has 3 rings (SSSR count). The van der Waals surface area contributed by atoms with Crippen molar-refractivity contribution >= 4 is 5.97 Å². The molecule has 1 heterocycles. The normalized spacial score (nSPS) is 47.2. The Labute approximate surface area is 108 Å². The molecule has 0 amide bonds. The Kier molecular flexibility index (Phi) is 2.31. The Morgan fingerprint density at radius 2 is 2.28 bits per heavy atom. The van der Waals surface area contributed by atoms with Crippen LogP contribution in [0.25, 0.3) is 0 Å². The maximum Gasteiger partial charge on any atom is 0.336 e. The van der Waals surface area contributed by atoms with Gasteiger partial charge in [0, 0.05) is 5.41 Å². The molecule has 2 aliphatic carbocycles. The summed E-state index contributed by atoms with van der Waals surface area (Å²) in [4.78, 5) is 11.7. The lowest BCUT2D eigenvalue weighted by Crippen LogP contribution is -2.57. The summed E-state index contributed by atoms with van der Waals surface area (Å²) >= 11 is 0. The van der Waals surface area contributed by atoms with E-state index in [4.69, 9.17) is 4.74 Å². The quantitative estimate of drug-likeness (QED) is 0.528. The second kappa shape index (κ2) is 3.47. The first-order valence-corrected chi connectivity index (χ1v) is 6.69. The molecule has 18 heavy (non-hydrogen) atoms. The Bertz CT molecular complexity index is 464. The van der Waals surface area contributed by atoms with Crippen LogP contribution in [0.1, 0.15) is 33.1 Å². The molecule has 3 aliphatic rings. The van der Waals surface area contributed by atoms with Gasteiger partial charge in [-0.25, -0.2) is 4.79 Å². The van der Waals surface area contributed by atoms with Crippen molar-refractivity contribution in [1.29, 1.82) is 0 Å². The van der Waals surface area contributed by atoms with Gasteiger partial charge in [-0.2, -0.15) is 0 Å². The van der Waals surface area contributed by atoms with Crippen molar-refractivity contribution in [2.24, 2.45) is 17.3 Å². The molecular formula is C15H20O3. The van der Waals surface area contributed by atoms with Gasteiger partial charge in [-0.05, 0) is 31.1 Å². The van der Waals surface area contributed by atoms with Gasteiger partial charge in [0.05, 0.1) is 5.57 Å². The van der Waals surface area contributed by atoms with Crippen LogP contribution >= 0.6 is 0 Å². The maximum atomic E-state index is 11.7. The lowest BCUT2D eigenvalue weighted by Gasteiger charge is -2.54. The van der Waals surface area contributed by atoms with E-state index in [0.717, 1.165) is 19.3 Å². The Hall–Kier alpha value is -1.09. The third-order valence-electron chi connectivity index (χ3n) is 5.53. The second-order valence-electron chi connectivity index (χ2n) is 6.27. The van der Waals surface area contributed by atoms with E-state index in [1.807, 2.05) is 6.08 Å². The highest BCUT2D eigenvalue weighted by Gasteiger charge is 2.62. The number of hydrogen-bond donors (Lipinski definition) is 1. The van der Waals surface area contributed by atoms with Crippen LogP contribution in [-0.2, 0) is 9.53 Å². The molecule has 0 aromatic rings. The topological polar surface area (TPSA) is 46.5 Å². The third-order valence-corrected chi connectivity index (χ3v) is 5.53. The highest BCUT2D eigenvalue weighted by atomic mass is 16.6. The lowest BCUT2D eigenvalue weighted by molar-refractivity contribution is -0.136. The molecule has 2 fully saturated rings. The first-order valence-electron chi connectivity index (χ1n) is 6.69. The number of hydrogen-bond acceptors (Lipinski definition) is 3. The van der Waals surface area contributed by atoms with E-state index in [-0.39, 0.29) is 23.9 Å². The number of fused-ring (bicyclic) bond motifs is 3. The fourth-order valence-electron chi connectivity index (χ4n) is 3.99. The van der Waals surface area contributed by atoms with Gasteiger partial charge >= 0.3 is 5.97 Å². The number of cyclic esters (lactones) is 1. The molecule has 0 radical (unpaired) electrons. The molecule has 0 bridgehead atoms. The van der Waals surface area contributed by atoms with Crippen LogP contribution in [0.15, 0.2) is 23.8 Å². The zero-order chi connectivity index (χ0) is 13.1. The second-order valence-corrected chi connectivity index (χ2v) is 6.27. The van der Waals surface area contributed by atoms with E-state index in [0.29, 0.717) is 11.5 Å². The van der Waals surface area contributed by atoms with E-state index in [9.17, 15) is 9.90 Å². The van der Waals surface area contributed by atoms with Crippen LogP contribution in [-0.4, -0.2) is 23.3 Å². The average Bonchev–Trinajstić information content (AvgIpc) is 2.63. The molecule has 98 valence electrons. The van der Waals surface area contributed by atoms with Crippen LogP contribution in [0.5, 0.6) is 0 Å². The average molecular weight is 248 g/mol. The smallest absolute Gasteiger partial charge is 0.336 e. The molecule has 0 aromatic heterocycles. The van der Waals surface area contributed by atoms with Gasteiger partial charge < -0.3 is 9.84 Å². The number of ether oxygens (including phenoxy) is 1. The van der Waals surface area contributed by atoms with Gasteiger partial charge in [-0.3, -0.25) is 0 Å². The molecule has 1 saturated heterocycles. The van der Waals surface area contributed by atoms with Gasteiger partial charge in [0.15, 0.2) is 0 Å². The standard InChI is InChI=1S/C15H20O3/c1-9-6-7-14(3)11(10(9)2)4-5-12-13(16)18-8-15(12,14)17/h5,9,11,17H,2,4,6-8H2,1,3H3/t9-,11+,14-,15+/m0/s1. The number of allylic oxidation sites excluding steroid dienone is 2. The van der Waals surface area contributed by atoms with E-state index < -0.39 is 5.60 Å². The summed E-state index contributed by atoms with van der Waals surface area (Å²) in [5, 5.41) is 11.0. The van der Waals surface area contributed by atoms with Gasteiger partial charge in [0.25, 0.3) is 0 Å². The van der Waals surface area contributed by atoms with Crippen molar-refractivity contribution in [2.75, 3.05) is 6.61 Å². The predicted molar refractivity (Wildman–Crippen MR) is 67.7 cm³/mol. The molecule has 1 saturated carbocycles. The summed E-state index contributed by atoms with van der Waals surface area (Å²) in [6.07, 6.45) is 4.61. The van der Waals surface area contributed by atoms with Gasteiger partial charge in [0.1, 0.15) is 12.2 Å². The van der Waals surface area contributed by atoms with Crippen LogP contribution in [0.4, 0.5) is 0 Å². The highest BCUT2D eigenvalue weighted by molar-refractivity contribution is 5.93. The molecule has 1 aliphatic heterocycles. The monoisotopic (exact) mass is 248 g/mol. The summed E-state index contributed by atoms with van der Waals surface area (Å²) in [6, 6.07) is 0. The molecule has 4 atom stereocenters. The predicted octanol–water partition coefficient (Wildman–Crippen LogP) is 2.21. The zero-order valence-electron chi connectivity index (χ0n) is 11.0. The first kappa shape index (κ1) is 12.0. The van der Waals surface area contributed by atoms with E-state index >= 15 is 0 Å². The van der Waals surface area contributed by atoms with Crippen LogP contribution in [0.3, 0.4) is 0 Å². The zero-order valence-corrected chi connectivity index (χ0v) is 11.0. The number of carbonyl (C=O) groups is 1. The van der Waals surface area contributed by atoms with Crippen molar-refractivity contribution in [2.45, 2.75) is 38.7 Å². The summed E-state index contributed by atoms with van der Waals surface area (Å²) < 4.78 is 5.09. The van der Waals surface area contributed by atoms with Gasteiger partial charge in [-0.15, -0.1) is 0 Å². The summed E-state index contributed by atoms with van der Waals surface area (Å²) in [7, 11) is 0. The molecule has 0 spiro atoms. The largest absolute Gasteiger partial charge is 0.459 e. The molecule has 3 nitrogen and oxygen atoms in total. The maximum absolute atomic E-state index is 11.7. The van der Waals surface area contributed by atoms with E-state index in [1.54, 1.807) is 0 Å². The van der Waals surface area contributed by atoms with Crippen LogP contribution in [0, 0.1) is 17.3 Å². The number of rotatable bonds is 0. The third kappa shape index (κ3) is 1.21. The molecule has 0 aromatic carbocycles. The first-order chi connectivity index (χ1) is 8.40. The summed E-state index contributed by atoms with van der Waals surface area (Å²) in [6.45, 7) is 8.61. The Balaban J connectivity index is 2.10. The van der Waals surface area contributed by atoms with Crippen molar-refractivity contribution in [3.63, 3.8) is 0 Å². The summed E-state index contributed by atoms with van der Waals surface area (Å²) in [5.74, 6) is 0.408.